The monoisotopic (exact) mass is 329 g/mol. The summed E-state index contributed by atoms with van der Waals surface area (Å²) in [6.45, 7) is 0.842. The lowest BCUT2D eigenvalue weighted by Crippen LogP contribution is -2.07. The number of hydrogen-bond donors (Lipinski definition) is 1. The van der Waals surface area contributed by atoms with Gasteiger partial charge in [0.2, 0.25) is 5.28 Å². The molecule has 112 valence electrons. The van der Waals surface area contributed by atoms with E-state index in [1.54, 1.807) is 0 Å². The number of aromatic nitrogens is 2. The molecule has 0 bridgehead atoms. The molecule has 0 aliphatic carbocycles. The maximum absolute atomic E-state index is 5.98. The van der Waals surface area contributed by atoms with Crippen molar-refractivity contribution in [1.82, 2.24) is 9.97 Å². The molecule has 22 heavy (non-hydrogen) atoms. The van der Waals surface area contributed by atoms with Crippen molar-refractivity contribution in [3.8, 4) is 0 Å². The van der Waals surface area contributed by atoms with Crippen LogP contribution >= 0.6 is 23.4 Å². The fourth-order valence-electron chi connectivity index (χ4n) is 2.19. The van der Waals surface area contributed by atoms with Gasteiger partial charge in [-0.15, -0.1) is 0 Å². The second-order valence-electron chi connectivity index (χ2n) is 4.82. The number of para-hydroxylation sites is 1. The first-order valence-corrected chi connectivity index (χ1v) is 8.64. The summed E-state index contributed by atoms with van der Waals surface area (Å²) in [6, 6.07) is 18.4. The van der Waals surface area contributed by atoms with Crippen molar-refractivity contribution < 1.29 is 0 Å². The van der Waals surface area contributed by atoms with Crippen LogP contribution in [0.3, 0.4) is 0 Å². The highest BCUT2D eigenvalue weighted by atomic mass is 35.5. The summed E-state index contributed by atoms with van der Waals surface area (Å²) in [7, 11) is 0. The predicted octanol–water partition coefficient (Wildman–Crippen LogP) is 4.63. The Labute approximate surface area is 139 Å². The average Bonchev–Trinajstić information content (AvgIpc) is 2.55. The Morgan fingerprint density at radius 2 is 1.73 bits per heavy atom. The molecule has 3 rings (SSSR count). The lowest BCUT2D eigenvalue weighted by atomic mass is 10.2. The molecule has 3 aromatic rings. The number of fused-ring (bicyclic) bond motifs is 1. The van der Waals surface area contributed by atoms with Crippen LogP contribution in [0, 0.1) is 0 Å². The van der Waals surface area contributed by atoms with Crippen molar-refractivity contribution in [3.05, 3.63) is 65.4 Å². The molecule has 1 heterocycles. The van der Waals surface area contributed by atoms with E-state index in [9.17, 15) is 0 Å². The number of benzene rings is 2. The Hall–Kier alpha value is -1.78. The Kier molecular flexibility index (Phi) is 5.14. The first kappa shape index (κ1) is 15.1. The van der Waals surface area contributed by atoms with Crippen LogP contribution in [0.5, 0.6) is 0 Å². The fraction of sp³-hybridized carbons (Fsp3) is 0.176. The zero-order valence-electron chi connectivity index (χ0n) is 12.0. The molecule has 0 atom stereocenters. The average molecular weight is 330 g/mol. The van der Waals surface area contributed by atoms with E-state index >= 15 is 0 Å². The van der Waals surface area contributed by atoms with E-state index in [1.807, 2.05) is 42.1 Å². The van der Waals surface area contributed by atoms with Gasteiger partial charge in [0, 0.05) is 23.4 Å². The third-order valence-corrected chi connectivity index (χ3v) is 4.43. The molecular weight excluding hydrogens is 314 g/mol. The highest BCUT2D eigenvalue weighted by molar-refractivity contribution is 7.98. The number of halogens is 1. The zero-order valence-corrected chi connectivity index (χ0v) is 13.6. The van der Waals surface area contributed by atoms with Crippen LogP contribution in [0.25, 0.3) is 10.9 Å². The minimum absolute atomic E-state index is 0.276. The Morgan fingerprint density at radius 1 is 0.955 bits per heavy atom. The highest BCUT2D eigenvalue weighted by Gasteiger charge is 2.05. The van der Waals surface area contributed by atoms with Gasteiger partial charge in [-0.05, 0) is 29.3 Å². The number of anilines is 1. The fourth-order valence-corrected chi connectivity index (χ4v) is 3.18. The van der Waals surface area contributed by atoms with E-state index in [0.29, 0.717) is 0 Å². The van der Waals surface area contributed by atoms with Crippen LogP contribution < -0.4 is 5.32 Å². The van der Waals surface area contributed by atoms with Gasteiger partial charge in [0.25, 0.3) is 0 Å². The van der Waals surface area contributed by atoms with E-state index in [0.717, 1.165) is 34.8 Å². The van der Waals surface area contributed by atoms with Crippen LogP contribution in [0.15, 0.2) is 54.6 Å². The van der Waals surface area contributed by atoms with Gasteiger partial charge in [-0.3, -0.25) is 0 Å². The van der Waals surface area contributed by atoms with Crippen molar-refractivity contribution in [1.29, 1.82) is 0 Å². The molecule has 0 amide bonds. The molecule has 1 N–H and O–H groups in total. The summed E-state index contributed by atoms with van der Waals surface area (Å²) in [4.78, 5) is 8.52. The van der Waals surface area contributed by atoms with Crippen LogP contribution in [-0.2, 0) is 5.75 Å². The van der Waals surface area contributed by atoms with E-state index < -0.39 is 0 Å². The smallest absolute Gasteiger partial charge is 0.224 e. The van der Waals surface area contributed by atoms with Gasteiger partial charge in [0.05, 0.1) is 5.52 Å². The Bertz CT molecular complexity index is 749. The summed E-state index contributed by atoms with van der Waals surface area (Å²) in [5, 5.41) is 4.63. The molecule has 0 unspecified atom stereocenters. The third-order valence-electron chi connectivity index (χ3n) is 3.23. The van der Waals surface area contributed by atoms with E-state index in [2.05, 4.69) is 39.6 Å². The quantitative estimate of drug-likeness (QED) is 0.528. The standard InChI is InChI=1S/C17H16ClN3S/c18-17-20-15-9-5-4-8-14(15)16(21-17)19-10-11-22-12-13-6-2-1-3-7-13/h1-9H,10-12H2,(H,19,20,21). The van der Waals surface area contributed by atoms with Crippen molar-refractivity contribution in [3.63, 3.8) is 0 Å². The molecule has 5 heteroatoms. The first-order chi connectivity index (χ1) is 10.8. The summed E-state index contributed by atoms with van der Waals surface area (Å²) in [5.74, 6) is 2.83. The number of nitrogens with zero attached hydrogens (tertiary/aromatic N) is 2. The van der Waals surface area contributed by atoms with Gasteiger partial charge < -0.3 is 5.32 Å². The SMILES string of the molecule is Clc1nc(NCCSCc2ccccc2)c2ccccc2n1. The van der Waals surface area contributed by atoms with E-state index in [-0.39, 0.29) is 5.28 Å². The maximum atomic E-state index is 5.98. The third kappa shape index (κ3) is 3.90. The number of rotatable bonds is 6. The number of thioether (sulfide) groups is 1. The largest absolute Gasteiger partial charge is 0.369 e. The summed E-state index contributed by atoms with van der Waals surface area (Å²) >= 11 is 7.87. The van der Waals surface area contributed by atoms with Gasteiger partial charge >= 0.3 is 0 Å². The minimum atomic E-state index is 0.276. The van der Waals surface area contributed by atoms with Gasteiger partial charge in [0.1, 0.15) is 5.82 Å². The molecule has 2 aromatic carbocycles. The lowest BCUT2D eigenvalue weighted by molar-refractivity contribution is 1.15. The topological polar surface area (TPSA) is 37.8 Å². The maximum Gasteiger partial charge on any atom is 0.224 e. The van der Waals surface area contributed by atoms with Crippen LogP contribution in [-0.4, -0.2) is 22.3 Å². The lowest BCUT2D eigenvalue weighted by Gasteiger charge is -2.09. The van der Waals surface area contributed by atoms with Crippen molar-refractivity contribution >= 4 is 40.1 Å². The van der Waals surface area contributed by atoms with Gasteiger partial charge in [-0.25, -0.2) is 9.97 Å². The molecule has 0 saturated heterocycles. The van der Waals surface area contributed by atoms with E-state index in [4.69, 9.17) is 11.6 Å². The summed E-state index contributed by atoms with van der Waals surface area (Å²) in [5.41, 5.74) is 2.21. The molecule has 1 aromatic heterocycles. The molecule has 0 radical (unpaired) electrons. The van der Waals surface area contributed by atoms with Crippen molar-refractivity contribution in [2.24, 2.45) is 0 Å². The second-order valence-corrected chi connectivity index (χ2v) is 6.27. The second kappa shape index (κ2) is 7.47. The van der Waals surface area contributed by atoms with Gasteiger partial charge in [-0.1, -0.05) is 42.5 Å². The van der Waals surface area contributed by atoms with Crippen molar-refractivity contribution in [2.45, 2.75) is 5.75 Å². The molecule has 0 fully saturated rings. The van der Waals surface area contributed by atoms with Gasteiger partial charge in [0.15, 0.2) is 0 Å². The molecule has 3 nitrogen and oxygen atoms in total. The first-order valence-electron chi connectivity index (χ1n) is 7.11. The summed E-state index contributed by atoms with van der Waals surface area (Å²) < 4.78 is 0. The van der Waals surface area contributed by atoms with Gasteiger partial charge in [-0.2, -0.15) is 11.8 Å². The Balaban J connectivity index is 1.56. The van der Waals surface area contributed by atoms with E-state index in [1.165, 1.54) is 5.56 Å². The van der Waals surface area contributed by atoms with Crippen LogP contribution in [0.1, 0.15) is 5.56 Å². The zero-order chi connectivity index (χ0) is 15.2. The molecule has 0 spiro atoms. The molecule has 0 saturated carbocycles. The predicted molar refractivity (Wildman–Crippen MR) is 95.6 cm³/mol. The van der Waals surface area contributed by atoms with Crippen LogP contribution in [0.2, 0.25) is 5.28 Å². The molecular formula is C17H16ClN3S. The van der Waals surface area contributed by atoms with Crippen LogP contribution in [0.4, 0.5) is 5.82 Å². The molecule has 0 aliphatic rings. The summed E-state index contributed by atoms with van der Waals surface area (Å²) in [6.07, 6.45) is 0. The van der Waals surface area contributed by atoms with Crippen molar-refractivity contribution in [2.75, 3.05) is 17.6 Å². The number of nitrogens with one attached hydrogen (secondary N) is 1. The molecule has 0 aliphatic heterocycles. The Morgan fingerprint density at radius 3 is 2.59 bits per heavy atom. The number of hydrogen-bond acceptors (Lipinski definition) is 4. The normalized spacial score (nSPS) is 10.8. The highest BCUT2D eigenvalue weighted by Crippen LogP contribution is 2.21. The minimum Gasteiger partial charge on any atom is -0.369 e.